The Balaban J connectivity index is 1.82. The lowest BCUT2D eigenvalue weighted by atomic mass is 10.1. The van der Waals surface area contributed by atoms with Gasteiger partial charge >= 0.3 is 0 Å². The number of hydrogen-bond acceptors (Lipinski definition) is 7. The molecule has 3 aromatic carbocycles. The predicted octanol–water partition coefficient (Wildman–Crippen LogP) is 4.02. The molecule has 1 N–H and O–H groups in total. The smallest absolute Gasteiger partial charge is 0.255 e. The van der Waals surface area contributed by atoms with E-state index in [1.54, 1.807) is 12.1 Å². The Morgan fingerprint density at radius 3 is 2.19 bits per heavy atom. The molecule has 0 spiro atoms. The van der Waals surface area contributed by atoms with E-state index in [2.05, 4.69) is 10.5 Å². The lowest BCUT2D eigenvalue weighted by Gasteiger charge is -2.22. The minimum Gasteiger partial charge on any atom is -0.493 e. The van der Waals surface area contributed by atoms with Crippen LogP contribution in [0.3, 0.4) is 0 Å². The molecule has 0 radical (unpaired) electrons. The van der Waals surface area contributed by atoms with Gasteiger partial charge in [-0.25, -0.2) is 13.8 Å². The molecule has 0 saturated heterocycles. The van der Waals surface area contributed by atoms with Gasteiger partial charge in [0.25, 0.3) is 5.91 Å². The van der Waals surface area contributed by atoms with Crippen molar-refractivity contribution in [2.45, 2.75) is 18.4 Å². The minimum absolute atomic E-state index is 0.00163. The summed E-state index contributed by atoms with van der Waals surface area (Å²) < 4.78 is 43.9. The largest absolute Gasteiger partial charge is 0.493 e. The van der Waals surface area contributed by atoms with Gasteiger partial charge in [-0.2, -0.15) is 9.41 Å². The average Bonchev–Trinajstić information content (AvgIpc) is 2.89. The van der Waals surface area contributed by atoms with Crippen molar-refractivity contribution in [2.24, 2.45) is 5.10 Å². The maximum absolute atomic E-state index is 13.4. The number of sulfonamides is 1. The van der Waals surface area contributed by atoms with Gasteiger partial charge < -0.3 is 14.2 Å². The lowest BCUT2D eigenvalue weighted by molar-refractivity contribution is -0.121. The van der Waals surface area contributed by atoms with Crippen molar-refractivity contribution in [1.82, 2.24) is 9.73 Å². The van der Waals surface area contributed by atoms with E-state index >= 15 is 0 Å². The second-order valence-electron chi connectivity index (χ2n) is 7.91. The maximum Gasteiger partial charge on any atom is 0.255 e. The first-order valence-electron chi connectivity index (χ1n) is 11.1. The van der Waals surface area contributed by atoms with Crippen molar-refractivity contribution in [3.05, 3.63) is 82.4 Å². The molecule has 0 aliphatic rings. The molecule has 3 aromatic rings. The summed E-state index contributed by atoms with van der Waals surface area (Å²) in [4.78, 5) is 12.8. The summed E-state index contributed by atoms with van der Waals surface area (Å²) in [6.07, 6.45) is 1.39. The van der Waals surface area contributed by atoms with Crippen LogP contribution < -0.4 is 19.6 Å². The number of amides is 1. The zero-order valence-corrected chi connectivity index (χ0v) is 22.5. The third kappa shape index (κ3) is 7.00. The van der Waals surface area contributed by atoms with Crippen LogP contribution in [-0.4, -0.2) is 52.7 Å². The molecule has 0 aliphatic carbocycles. The van der Waals surface area contributed by atoms with E-state index in [1.807, 2.05) is 31.2 Å². The van der Waals surface area contributed by atoms with Crippen molar-refractivity contribution in [2.75, 3.05) is 27.9 Å². The highest BCUT2D eigenvalue weighted by molar-refractivity contribution is 7.89. The van der Waals surface area contributed by atoms with Gasteiger partial charge in [-0.05, 0) is 54.4 Å². The number of carbonyl (C=O) groups excluding carboxylic acids is 1. The molecule has 0 saturated carbocycles. The van der Waals surface area contributed by atoms with Gasteiger partial charge in [-0.15, -0.1) is 0 Å². The molecular weight excluding hydrogens is 518 g/mol. The zero-order chi connectivity index (χ0) is 27.0. The average molecular weight is 546 g/mol. The van der Waals surface area contributed by atoms with Crippen LogP contribution in [0.15, 0.2) is 70.7 Å². The molecule has 3 rings (SSSR count). The van der Waals surface area contributed by atoms with Crippen LogP contribution in [0.1, 0.15) is 16.7 Å². The van der Waals surface area contributed by atoms with E-state index in [4.69, 9.17) is 25.8 Å². The fourth-order valence-corrected chi connectivity index (χ4v) is 5.01. The maximum atomic E-state index is 13.4. The molecule has 0 fully saturated rings. The second kappa shape index (κ2) is 12.6. The third-order valence-corrected chi connectivity index (χ3v) is 7.53. The molecule has 11 heteroatoms. The molecule has 9 nitrogen and oxygen atoms in total. The molecule has 0 unspecified atom stereocenters. The van der Waals surface area contributed by atoms with Gasteiger partial charge in [0.1, 0.15) is 0 Å². The quantitative estimate of drug-likeness (QED) is 0.288. The Morgan fingerprint density at radius 2 is 1.62 bits per heavy atom. The molecular formula is C26H28ClN3O6S. The fraction of sp³-hybridized carbons (Fsp3) is 0.231. The van der Waals surface area contributed by atoms with Gasteiger partial charge in [0.15, 0.2) is 11.5 Å². The summed E-state index contributed by atoms with van der Waals surface area (Å²) in [6, 6.07) is 16.5. The number of carbonyl (C=O) groups is 1. The number of aryl methyl sites for hydroxylation is 1. The van der Waals surface area contributed by atoms with Crippen LogP contribution in [0.4, 0.5) is 0 Å². The van der Waals surface area contributed by atoms with E-state index in [0.29, 0.717) is 27.8 Å². The molecule has 0 bridgehead atoms. The summed E-state index contributed by atoms with van der Waals surface area (Å²) in [5.74, 6) is 0.654. The highest BCUT2D eigenvalue weighted by Gasteiger charge is 2.27. The number of hydrazone groups is 1. The van der Waals surface area contributed by atoms with Crippen molar-refractivity contribution in [3.63, 3.8) is 0 Å². The van der Waals surface area contributed by atoms with Gasteiger partial charge in [-0.1, -0.05) is 35.9 Å². The minimum atomic E-state index is -4.02. The van der Waals surface area contributed by atoms with Crippen molar-refractivity contribution >= 4 is 33.7 Å². The molecule has 196 valence electrons. The SMILES string of the molecule is COc1cc(/C=N\NC(=O)CN(Cc2ccccc2C)S(=O)(=O)c2ccc(Cl)cc2)cc(OC)c1OC. The number of hydrogen-bond donors (Lipinski definition) is 1. The zero-order valence-electron chi connectivity index (χ0n) is 20.9. The number of rotatable bonds is 11. The van der Waals surface area contributed by atoms with E-state index in [9.17, 15) is 13.2 Å². The number of nitrogens with one attached hydrogen (secondary N) is 1. The van der Waals surface area contributed by atoms with Crippen LogP contribution in [0.2, 0.25) is 5.02 Å². The Bertz CT molecular complexity index is 1350. The standard InChI is InChI=1S/C26H28ClN3O6S/c1-18-7-5-6-8-20(18)16-30(37(32,33)22-11-9-21(27)10-12-22)17-25(31)29-28-15-19-13-23(34-2)26(36-4)24(14-19)35-3/h5-15H,16-17H2,1-4H3,(H,29,31)/b28-15-. The van der Waals surface area contributed by atoms with E-state index < -0.39 is 22.5 Å². The first kappa shape index (κ1) is 28.0. The van der Waals surface area contributed by atoms with Gasteiger partial charge in [0.05, 0.1) is 39.0 Å². The van der Waals surface area contributed by atoms with Crippen LogP contribution in [0, 0.1) is 6.92 Å². The number of halogens is 1. The van der Waals surface area contributed by atoms with Crippen LogP contribution in [0.25, 0.3) is 0 Å². The Morgan fingerprint density at radius 1 is 1.00 bits per heavy atom. The second-order valence-corrected chi connectivity index (χ2v) is 10.3. The van der Waals surface area contributed by atoms with Crippen LogP contribution in [-0.2, 0) is 21.4 Å². The highest BCUT2D eigenvalue weighted by atomic mass is 35.5. The Hall–Kier alpha value is -3.60. The Kier molecular flexibility index (Phi) is 9.51. The van der Waals surface area contributed by atoms with Crippen LogP contribution >= 0.6 is 11.6 Å². The number of ether oxygens (including phenoxy) is 3. The van der Waals surface area contributed by atoms with Gasteiger partial charge in [0, 0.05) is 17.1 Å². The van der Waals surface area contributed by atoms with Crippen molar-refractivity contribution in [3.8, 4) is 17.2 Å². The topological polar surface area (TPSA) is 107 Å². The molecule has 0 aromatic heterocycles. The number of nitrogens with zero attached hydrogens (tertiary/aromatic N) is 2. The monoisotopic (exact) mass is 545 g/mol. The summed E-state index contributed by atoms with van der Waals surface area (Å²) in [6.45, 7) is 1.43. The summed E-state index contributed by atoms with van der Waals surface area (Å²) in [5, 5.41) is 4.38. The summed E-state index contributed by atoms with van der Waals surface area (Å²) in [5.41, 5.74) is 4.63. The lowest BCUT2D eigenvalue weighted by Crippen LogP contribution is -2.39. The van der Waals surface area contributed by atoms with Crippen molar-refractivity contribution < 1.29 is 27.4 Å². The summed E-state index contributed by atoms with van der Waals surface area (Å²) in [7, 11) is 0.460. The van der Waals surface area contributed by atoms with E-state index in [0.717, 1.165) is 15.4 Å². The van der Waals surface area contributed by atoms with Gasteiger partial charge in [0.2, 0.25) is 15.8 Å². The molecule has 37 heavy (non-hydrogen) atoms. The Labute approximate surface area is 221 Å². The molecule has 0 heterocycles. The normalized spacial score (nSPS) is 11.5. The van der Waals surface area contributed by atoms with Crippen LogP contribution in [0.5, 0.6) is 17.2 Å². The van der Waals surface area contributed by atoms with Crippen molar-refractivity contribution in [1.29, 1.82) is 0 Å². The molecule has 0 aliphatic heterocycles. The third-order valence-electron chi connectivity index (χ3n) is 5.47. The molecule has 1 amide bonds. The van der Waals surface area contributed by atoms with Gasteiger partial charge in [-0.3, -0.25) is 4.79 Å². The van der Waals surface area contributed by atoms with E-state index in [1.165, 1.54) is 51.8 Å². The number of benzene rings is 3. The number of methoxy groups -OCH3 is 3. The highest BCUT2D eigenvalue weighted by Crippen LogP contribution is 2.37. The first-order chi connectivity index (χ1) is 17.7. The molecule has 0 atom stereocenters. The predicted molar refractivity (Wildman–Crippen MR) is 142 cm³/mol. The summed E-state index contributed by atoms with van der Waals surface area (Å²) >= 11 is 5.93. The fourth-order valence-electron chi connectivity index (χ4n) is 3.51. The van der Waals surface area contributed by atoms with E-state index in [-0.39, 0.29) is 11.4 Å². The first-order valence-corrected chi connectivity index (χ1v) is 12.9.